The van der Waals surface area contributed by atoms with Crippen LogP contribution in [0.5, 0.6) is 0 Å². The van der Waals surface area contributed by atoms with Crippen molar-refractivity contribution in [2.45, 2.75) is 18.9 Å². The predicted molar refractivity (Wildman–Crippen MR) is 51.8 cm³/mol. The van der Waals surface area contributed by atoms with Gasteiger partial charge in [0.25, 0.3) is 0 Å². The first-order valence-corrected chi connectivity index (χ1v) is 4.51. The van der Waals surface area contributed by atoms with Crippen LogP contribution < -0.4 is 0 Å². The summed E-state index contributed by atoms with van der Waals surface area (Å²) in [7, 11) is 0. The average molecular weight is 185 g/mol. The van der Waals surface area contributed by atoms with Gasteiger partial charge in [0.2, 0.25) is 0 Å². The van der Waals surface area contributed by atoms with Crippen molar-refractivity contribution >= 4 is 6.21 Å². The van der Waals surface area contributed by atoms with Gasteiger partial charge >= 0.3 is 0 Å². The number of rotatable bonds is 3. The lowest BCUT2D eigenvalue weighted by molar-refractivity contribution is 0.131. The Bertz CT molecular complexity index is 389. The highest BCUT2D eigenvalue weighted by atomic mass is 16.6. The van der Waals surface area contributed by atoms with Gasteiger partial charge in [0, 0.05) is 5.56 Å². The molecule has 0 spiro atoms. The van der Waals surface area contributed by atoms with Gasteiger partial charge in [-0.1, -0.05) is 23.4 Å². The van der Waals surface area contributed by atoms with Crippen molar-refractivity contribution in [1.82, 2.24) is 0 Å². The zero-order chi connectivity index (χ0) is 9.80. The van der Waals surface area contributed by atoms with Gasteiger partial charge in [-0.3, -0.25) is 0 Å². The Balaban J connectivity index is 2.07. The minimum absolute atomic E-state index is 0.275. The molecule has 1 aromatic carbocycles. The molecule has 1 saturated carbocycles. The molecular formula is C11H9N2O. The molecular weight excluding hydrogens is 176 g/mol. The Morgan fingerprint density at radius 3 is 2.64 bits per heavy atom. The van der Waals surface area contributed by atoms with E-state index in [1.54, 1.807) is 12.1 Å². The van der Waals surface area contributed by atoms with Gasteiger partial charge in [-0.05, 0) is 18.9 Å². The topological polar surface area (TPSA) is 45.4 Å². The smallest absolute Gasteiger partial charge is 0.141 e. The molecule has 0 atom stereocenters. The lowest BCUT2D eigenvalue weighted by atomic mass is 10.1. The van der Waals surface area contributed by atoms with E-state index in [-0.39, 0.29) is 6.10 Å². The molecule has 0 unspecified atom stereocenters. The fourth-order valence-electron chi connectivity index (χ4n) is 1.00. The van der Waals surface area contributed by atoms with E-state index in [9.17, 15) is 0 Å². The van der Waals surface area contributed by atoms with Crippen LogP contribution in [0, 0.1) is 11.3 Å². The number of hydrogen-bond acceptors (Lipinski definition) is 3. The Morgan fingerprint density at radius 1 is 1.29 bits per heavy atom. The molecule has 1 fully saturated rings. The molecule has 0 amide bonds. The molecule has 2 rings (SSSR count). The van der Waals surface area contributed by atoms with Crippen LogP contribution in [0.25, 0.3) is 0 Å². The van der Waals surface area contributed by atoms with Crippen molar-refractivity contribution in [3.63, 3.8) is 0 Å². The van der Waals surface area contributed by atoms with E-state index in [0.717, 1.165) is 12.8 Å². The average Bonchev–Trinajstić information content (AvgIpc) is 3.03. The molecule has 0 N–H and O–H groups in total. The highest BCUT2D eigenvalue weighted by Gasteiger charge is 2.23. The van der Waals surface area contributed by atoms with Crippen molar-refractivity contribution in [3.05, 3.63) is 35.4 Å². The van der Waals surface area contributed by atoms with Crippen LogP contribution in [0.15, 0.2) is 29.4 Å². The van der Waals surface area contributed by atoms with E-state index in [4.69, 9.17) is 10.1 Å². The Kier molecular flexibility index (Phi) is 2.46. The first kappa shape index (κ1) is 8.76. The number of hydrogen-bond donors (Lipinski definition) is 0. The van der Waals surface area contributed by atoms with Crippen LogP contribution in [0.2, 0.25) is 0 Å². The molecule has 0 heterocycles. The van der Waals surface area contributed by atoms with Gasteiger partial charge in [0.1, 0.15) is 12.3 Å². The van der Waals surface area contributed by atoms with Gasteiger partial charge in [-0.15, -0.1) is 0 Å². The summed E-state index contributed by atoms with van der Waals surface area (Å²) in [6.45, 7) is 0. The van der Waals surface area contributed by atoms with Crippen molar-refractivity contribution in [2.24, 2.45) is 5.16 Å². The second-order valence-corrected chi connectivity index (χ2v) is 3.17. The molecule has 1 radical (unpaired) electrons. The van der Waals surface area contributed by atoms with Gasteiger partial charge in [-0.25, -0.2) is 0 Å². The largest absolute Gasteiger partial charge is 0.392 e. The van der Waals surface area contributed by atoms with Crippen molar-refractivity contribution in [1.29, 1.82) is 5.26 Å². The lowest BCUT2D eigenvalue weighted by Crippen LogP contribution is -1.89. The molecule has 0 aromatic heterocycles. The fraction of sp³-hybridized carbons (Fsp3) is 0.273. The first-order valence-electron chi connectivity index (χ1n) is 4.51. The Hall–Kier alpha value is -1.82. The quantitative estimate of drug-likeness (QED) is 0.533. The maximum atomic E-state index is 8.77. The molecule has 69 valence electrons. The minimum atomic E-state index is 0.275. The van der Waals surface area contributed by atoms with E-state index in [1.165, 1.54) is 0 Å². The summed E-state index contributed by atoms with van der Waals surface area (Å²) in [5.41, 5.74) is 1.24. The zero-order valence-corrected chi connectivity index (χ0v) is 7.60. The molecule has 14 heavy (non-hydrogen) atoms. The highest BCUT2D eigenvalue weighted by Crippen LogP contribution is 2.23. The maximum absolute atomic E-state index is 8.77. The summed E-state index contributed by atoms with van der Waals surface area (Å²) in [5, 5.41) is 12.5. The van der Waals surface area contributed by atoms with E-state index in [0.29, 0.717) is 11.1 Å². The van der Waals surface area contributed by atoms with Gasteiger partial charge in [0.15, 0.2) is 0 Å². The molecule has 0 saturated heterocycles. The summed E-state index contributed by atoms with van der Waals surface area (Å²) in [6, 6.07) is 9.25. The van der Waals surface area contributed by atoms with Crippen LogP contribution in [0.4, 0.5) is 0 Å². The zero-order valence-electron chi connectivity index (χ0n) is 7.60. The fourth-order valence-corrected chi connectivity index (χ4v) is 1.00. The van der Waals surface area contributed by atoms with Crippen LogP contribution in [-0.2, 0) is 4.84 Å². The SMILES string of the molecule is N#Cc1ccccc1/[C]=N/OC1CC1. The van der Waals surface area contributed by atoms with E-state index < -0.39 is 0 Å². The van der Waals surface area contributed by atoms with E-state index >= 15 is 0 Å². The van der Waals surface area contributed by atoms with Gasteiger partial charge < -0.3 is 4.84 Å². The highest BCUT2D eigenvalue weighted by molar-refractivity contribution is 5.82. The first-order chi connectivity index (χ1) is 6.90. The lowest BCUT2D eigenvalue weighted by Gasteiger charge is -1.95. The Morgan fingerprint density at radius 2 is 2.00 bits per heavy atom. The summed E-state index contributed by atoms with van der Waals surface area (Å²) in [5.74, 6) is 0. The van der Waals surface area contributed by atoms with Crippen molar-refractivity contribution in [3.8, 4) is 6.07 Å². The molecule has 3 heteroatoms. The van der Waals surface area contributed by atoms with E-state index in [1.807, 2.05) is 12.1 Å². The monoisotopic (exact) mass is 185 g/mol. The molecule has 0 aliphatic heterocycles. The third-order valence-electron chi connectivity index (χ3n) is 1.94. The summed E-state index contributed by atoms with van der Waals surface area (Å²) in [4.78, 5) is 5.06. The molecule has 1 aliphatic carbocycles. The second kappa shape index (κ2) is 3.93. The standard InChI is InChI=1S/C11H9N2O/c12-7-9-3-1-2-4-10(9)8-13-14-11-5-6-11/h1-4,11H,5-6H2. The minimum Gasteiger partial charge on any atom is -0.392 e. The van der Waals surface area contributed by atoms with Gasteiger partial charge in [0.05, 0.1) is 11.6 Å². The van der Waals surface area contributed by atoms with Crippen LogP contribution in [-0.4, -0.2) is 12.3 Å². The second-order valence-electron chi connectivity index (χ2n) is 3.17. The molecule has 1 aromatic rings. The molecule has 3 nitrogen and oxygen atoms in total. The third-order valence-corrected chi connectivity index (χ3v) is 1.94. The van der Waals surface area contributed by atoms with E-state index in [2.05, 4.69) is 17.4 Å². The number of benzene rings is 1. The van der Waals surface area contributed by atoms with Crippen molar-refractivity contribution < 1.29 is 4.84 Å². The number of nitriles is 1. The van der Waals surface area contributed by atoms with Gasteiger partial charge in [-0.2, -0.15) is 5.26 Å². The Labute approximate surface area is 82.6 Å². The summed E-state index contributed by atoms with van der Waals surface area (Å²) < 4.78 is 0. The molecule has 0 bridgehead atoms. The normalized spacial score (nSPS) is 15.4. The number of nitrogens with zero attached hydrogens (tertiary/aromatic N) is 2. The van der Waals surface area contributed by atoms with Crippen molar-refractivity contribution in [2.75, 3.05) is 0 Å². The summed E-state index contributed by atoms with van der Waals surface area (Å²) >= 11 is 0. The van der Waals surface area contributed by atoms with Crippen LogP contribution in [0.3, 0.4) is 0 Å². The van der Waals surface area contributed by atoms with Crippen LogP contribution in [0.1, 0.15) is 24.0 Å². The third kappa shape index (κ3) is 2.11. The molecule has 1 aliphatic rings. The maximum Gasteiger partial charge on any atom is 0.141 e. The predicted octanol–water partition coefficient (Wildman–Crippen LogP) is 1.95. The van der Waals surface area contributed by atoms with Crippen LogP contribution >= 0.6 is 0 Å². The summed E-state index contributed by atoms with van der Waals surface area (Å²) in [6.07, 6.45) is 5.14.